The van der Waals surface area contributed by atoms with Gasteiger partial charge in [0.1, 0.15) is 0 Å². The zero-order chi connectivity index (χ0) is 10.1. The molecule has 1 aromatic heterocycles. The second-order valence-electron chi connectivity index (χ2n) is 2.96. The molecule has 0 amide bonds. The summed E-state index contributed by atoms with van der Waals surface area (Å²) in [5.41, 5.74) is 7.60. The highest BCUT2D eigenvalue weighted by Crippen LogP contribution is 2.33. The summed E-state index contributed by atoms with van der Waals surface area (Å²) in [6, 6.07) is 6.05. The normalized spacial score (nSPS) is 10.6. The molecule has 0 aliphatic rings. The smallest absolute Gasteiger partial charge is 0.162 e. The molecule has 14 heavy (non-hydrogen) atoms. The van der Waals surface area contributed by atoms with E-state index in [-0.39, 0.29) is 0 Å². The Labute approximate surface area is 93.9 Å². The number of thiophene rings is 1. The van der Waals surface area contributed by atoms with Crippen LogP contribution in [0.5, 0.6) is 0 Å². The van der Waals surface area contributed by atoms with Crippen LogP contribution in [0, 0.1) is 0 Å². The molecule has 1 aromatic carbocycles. The first-order valence-corrected chi connectivity index (χ1v) is 6.02. The number of alkyl halides is 1. The lowest BCUT2D eigenvalue weighted by molar-refractivity contribution is 0.112. The Kier molecular flexibility index (Phi) is 2.56. The first-order chi connectivity index (χ1) is 6.76. The molecule has 2 aromatic rings. The van der Waals surface area contributed by atoms with E-state index in [9.17, 15) is 4.79 Å². The van der Waals surface area contributed by atoms with Crippen molar-refractivity contribution in [3.05, 3.63) is 28.6 Å². The summed E-state index contributed by atoms with van der Waals surface area (Å²) in [5, 5.41) is 1.78. The number of aldehydes is 1. The molecule has 1 heterocycles. The van der Waals surface area contributed by atoms with E-state index in [4.69, 9.17) is 5.73 Å². The van der Waals surface area contributed by atoms with Gasteiger partial charge in [0.15, 0.2) is 6.29 Å². The van der Waals surface area contributed by atoms with Gasteiger partial charge in [-0.1, -0.05) is 22.0 Å². The van der Waals surface area contributed by atoms with Crippen molar-refractivity contribution in [3.63, 3.8) is 0 Å². The summed E-state index contributed by atoms with van der Waals surface area (Å²) in [4.78, 5) is 11.3. The number of nitrogen functional groups attached to an aromatic ring is 1. The fraction of sp³-hybridized carbons (Fsp3) is 0.100. The molecule has 0 bridgehead atoms. The van der Waals surface area contributed by atoms with Crippen molar-refractivity contribution in [2.45, 2.75) is 5.33 Å². The third kappa shape index (κ3) is 1.44. The van der Waals surface area contributed by atoms with Gasteiger partial charge in [0.25, 0.3) is 0 Å². The van der Waals surface area contributed by atoms with E-state index in [0.717, 1.165) is 21.7 Å². The number of carbonyl (C=O) groups is 1. The molecule has 0 saturated heterocycles. The molecule has 2 nitrogen and oxygen atoms in total. The lowest BCUT2D eigenvalue weighted by atomic mass is 10.1. The van der Waals surface area contributed by atoms with Crippen LogP contribution in [-0.2, 0) is 5.33 Å². The Hall–Kier alpha value is -0.870. The Bertz CT molecular complexity index is 492. The minimum atomic E-state index is 0.600. The fourth-order valence-electron chi connectivity index (χ4n) is 1.35. The first-order valence-electron chi connectivity index (χ1n) is 4.08. The summed E-state index contributed by atoms with van der Waals surface area (Å²) in [6.07, 6.45) is 0.813. The highest BCUT2D eigenvalue weighted by Gasteiger charge is 2.08. The van der Waals surface area contributed by atoms with Gasteiger partial charge in [-0.05, 0) is 17.7 Å². The summed E-state index contributed by atoms with van der Waals surface area (Å²) in [6.45, 7) is 0. The maximum absolute atomic E-state index is 10.7. The van der Waals surface area contributed by atoms with E-state index < -0.39 is 0 Å². The maximum Gasteiger partial charge on any atom is 0.162 e. The summed E-state index contributed by atoms with van der Waals surface area (Å²) < 4.78 is 1.06. The molecule has 2 N–H and O–H groups in total. The molecule has 0 unspecified atom stereocenters. The third-order valence-corrected chi connectivity index (χ3v) is 3.84. The van der Waals surface area contributed by atoms with Crippen LogP contribution in [0.1, 0.15) is 15.2 Å². The molecule has 0 fully saturated rings. The lowest BCUT2D eigenvalue weighted by Gasteiger charge is -1.96. The van der Waals surface area contributed by atoms with Crippen LogP contribution in [-0.4, -0.2) is 6.29 Å². The van der Waals surface area contributed by atoms with E-state index in [1.54, 1.807) is 0 Å². The zero-order valence-electron chi connectivity index (χ0n) is 7.29. The molecule has 0 aliphatic carbocycles. The second kappa shape index (κ2) is 3.71. The number of nitrogens with two attached hydrogens (primary N) is 1. The highest BCUT2D eigenvalue weighted by molar-refractivity contribution is 9.08. The number of benzene rings is 1. The molecule has 2 rings (SSSR count). The van der Waals surface area contributed by atoms with Crippen LogP contribution >= 0.6 is 27.3 Å². The van der Waals surface area contributed by atoms with Crippen molar-refractivity contribution < 1.29 is 4.79 Å². The van der Waals surface area contributed by atoms with Gasteiger partial charge >= 0.3 is 0 Å². The minimum Gasteiger partial charge on any atom is -0.397 e. The monoisotopic (exact) mass is 269 g/mol. The number of halogens is 1. The van der Waals surface area contributed by atoms with E-state index >= 15 is 0 Å². The molecule has 0 radical (unpaired) electrons. The zero-order valence-corrected chi connectivity index (χ0v) is 9.69. The molecule has 72 valence electrons. The van der Waals surface area contributed by atoms with Crippen LogP contribution in [0.4, 0.5) is 5.69 Å². The Morgan fingerprint density at radius 1 is 1.50 bits per heavy atom. The largest absolute Gasteiger partial charge is 0.397 e. The Morgan fingerprint density at radius 3 is 2.93 bits per heavy atom. The van der Waals surface area contributed by atoms with Crippen LogP contribution in [0.25, 0.3) is 10.1 Å². The van der Waals surface area contributed by atoms with Crippen molar-refractivity contribution in [1.82, 2.24) is 0 Å². The third-order valence-electron chi connectivity index (χ3n) is 2.08. The second-order valence-corrected chi connectivity index (χ2v) is 4.61. The number of fused-ring (bicyclic) bond motifs is 1. The van der Waals surface area contributed by atoms with E-state index in [2.05, 4.69) is 15.9 Å². The van der Waals surface area contributed by atoms with Crippen LogP contribution in [0.3, 0.4) is 0 Å². The molecule has 0 spiro atoms. The van der Waals surface area contributed by atoms with Gasteiger partial charge in [-0.2, -0.15) is 0 Å². The van der Waals surface area contributed by atoms with Crippen LogP contribution in [0.15, 0.2) is 18.2 Å². The average molecular weight is 270 g/mol. The minimum absolute atomic E-state index is 0.600. The van der Waals surface area contributed by atoms with Gasteiger partial charge < -0.3 is 5.73 Å². The van der Waals surface area contributed by atoms with Gasteiger partial charge in [-0.15, -0.1) is 11.3 Å². The molecule has 0 atom stereocenters. The Balaban J connectivity index is 2.74. The van der Waals surface area contributed by atoms with Gasteiger partial charge in [0, 0.05) is 15.4 Å². The topological polar surface area (TPSA) is 43.1 Å². The lowest BCUT2D eigenvalue weighted by Crippen LogP contribution is -1.87. The molecular formula is C10H8BrNOS. The van der Waals surface area contributed by atoms with Crippen molar-refractivity contribution in [1.29, 1.82) is 0 Å². The molecule has 0 aliphatic heterocycles. The molecule has 4 heteroatoms. The van der Waals surface area contributed by atoms with Crippen LogP contribution < -0.4 is 5.73 Å². The first kappa shape index (κ1) is 9.68. The summed E-state index contributed by atoms with van der Waals surface area (Å²) in [7, 11) is 0. The van der Waals surface area contributed by atoms with E-state index in [0.29, 0.717) is 10.6 Å². The van der Waals surface area contributed by atoms with E-state index in [1.165, 1.54) is 16.9 Å². The van der Waals surface area contributed by atoms with Gasteiger partial charge in [0.05, 0.1) is 10.6 Å². The fourth-order valence-corrected chi connectivity index (χ4v) is 2.62. The highest BCUT2D eigenvalue weighted by atomic mass is 79.9. The number of rotatable bonds is 2. The van der Waals surface area contributed by atoms with Crippen molar-refractivity contribution in [2.75, 3.05) is 5.73 Å². The summed E-state index contributed by atoms with van der Waals surface area (Å²) >= 11 is 4.82. The standard InChI is InChI=1S/C10H8BrNOS/c11-4-6-1-2-8-7(3-6)10(12)9(5-13)14-8/h1-3,5H,4,12H2. The van der Waals surface area contributed by atoms with Crippen molar-refractivity contribution >= 4 is 49.3 Å². The summed E-state index contributed by atoms with van der Waals surface area (Å²) in [5.74, 6) is 0. The quantitative estimate of drug-likeness (QED) is 0.672. The van der Waals surface area contributed by atoms with Gasteiger partial charge in [-0.3, -0.25) is 4.79 Å². The molecule has 0 saturated carbocycles. The van der Waals surface area contributed by atoms with Crippen molar-refractivity contribution in [2.24, 2.45) is 0 Å². The average Bonchev–Trinajstić information content (AvgIpc) is 2.55. The predicted octanol–water partition coefficient (Wildman–Crippen LogP) is 3.19. The maximum atomic E-state index is 10.7. The SMILES string of the molecule is Nc1c(C=O)sc2ccc(CBr)cc12. The van der Waals surface area contributed by atoms with E-state index in [1.807, 2.05) is 18.2 Å². The predicted molar refractivity (Wildman–Crippen MR) is 64.3 cm³/mol. The van der Waals surface area contributed by atoms with Crippen LogP contribution in [0.2, 0.25) is 0 Å². The number of hydrogen-bond acceptors (Lipinski definition) is 3. The number of carbonyl (C=O) groups excluding carboxylic acids is 1. The van der Waals surface area contributed by atoms with Gasteiger partial charge in [-0.25, -0.2) is 0 Å². The van der Waals surface area contributed by atoms with Gasteiger partial charge in [0.2, 0.25) is 0 Å². The van der Waals surface area contributed by atoms with Crippen molar-refractivity contribution in [3.8, 4) is 0 Å². The molecular weight excluding hydrogens is 262 g/mol. The number of anilines is 1. The Morgan fingerprint density at radius 2 is 2.29 bits per heavy atom. The number of hydrogen-bond donors (Lipinski definition) is 1.